The first-order valence-electron chi connectivity index (χ1n) is 7.35. The van der Waals surface area contributed by atoms with E-state index in [1.807, 2.05) is 7.05 Å². The van der Waals surface area contributed by atoms with E-state index in [1.54, 1.807) is 0 Å². The van der Waals surface area contributed by atoms with Gasteiger partial charge in [-0.15, -0.1) is 24.0 Å². The maximum Gasteiger partial charge on any atom is 0.193 e. The molecule has 3 nitrogen and oxygen atoms in total. The minimum atomic E-state index is 0. The largest absolute Gasteiger partial charge is 0.356 e. The zero-order valence-corrected chi connectivity index (χ0v) is 14.8. The van der Waals surface area contributed by atoms with Gasteiger partial charge in [-0.05, 0) is 18.4 Å². The molecule has 4 heteroatoms. The maximum atomic E-state index is 4.40. The summed E-state index contributed by atoms with van der Waals surface area (Å²) in [7, 11) is 1.88. The van der Waals surface area contributed by atoms with Crippen molar-refractivity contribution in [2.45, 2.75) is 32.1 Å². The van der Waals surface area contributed by atoms with Crippen LogP contribution in [0, 0.1) is 0 Å². The van der Waals surface area contributed by atoms with Crippen LogP contribution in [0.1, 0.15) is 37.7 Å². The Labute approximate surface area is 139 Å². The van der Waals surface area contributed by atoms with Crippen LogP contribution in [-0.4, -0.2) is 37.5 Å². The zero-order valence-electron chi connectivity index (χ0n) is 12.5. The van der Waals surface area contributed by atoms with Gasteiger partial charge in [0.1, 0.15) is 0 Å². The van der Waals surface area contributed by atoms with E-state index in [9.17, 15) is 0 Å². The van der Waals surface area contributed by atoms with Crippen LogP contribution in [0.4, 0.5) is 0 Å². The van der Waals surface area contributed by atoms with Gasteiger partial charge in [0.2, 0.25) is 0 Å². The van der Waals surface area contributed by atoms with Crippen LogP contribution in [-0.2, 0) is 0 Å². The molecule has 1 unspecified atom stereocenters. The average Bonchev–Trinajstić information content (AvgIpc) is 2.94. The number of halogens is 1. The molecule has 1 aromatic rings. The third-order valence-corrected chi connectivity index (χ3v) is 3.78. The monoisotopic (exact) mass is 387 g/mol. The van der Waals surface area contributed by atoms with Crippen molar-refractivity contribution in [1.29, 1.82) is 0 Å². The van der Waals surface area contributed by atoms with Gasteiger partial charge in [0, 0.05) is 32.6 Å². The van der Waals surface area contributed by atoms with E-state index < -0.39 is 0 Å². The van der Waals surface area contributed by atoms with Crippen molar-refractivity contribution in [1.82, 2.24) is 10.2 Å². The molecular formula is C16H26IN3. The Hall–Kier alpha value is -0.780. The standard InChI is InChI=1S/C16H25N3.HI/c1-3-4-11-18-16(17-2)19-12-10-15(13-19)14-8-6-5-7-9-14;/h5-9,15H,3-4,10-13H2,1-2H3,(H,17,18);1H. The highest BCUT2D eigenvalue weighted by atomic mass is 127. The molecule has 0 bridgehead atoms. The molecule has 0 aliphatic carbocycles. The summed E-state index contributed by atoms with van der Waals surface area (Å²) in [6, 6.07) is 10.8. The van der Waals surface area contributed by atoms with Crippen LogP contribution in [0.2, 0.25) is 0 Å². The van der Waals surface area contributed by atoms with E-state index >= 15 is 0 Å². The molecule has 1 aromatic carbocycles. The Kier molecular flexibility index (Phi) is 7.95. The molecule has 1 aliphatic rings. The van der Waals surface area contributed by atoms with Crippen molar-refractivity contribution in [3.05, 3.63) is 35.9 Å². The van der Waals surface area contributed by atoms with Gasteiger partial charge in [0.15, 0.2) is 5.96 Å². The van der Waals surface area contributed by atoms with Gasteiger partial charge in [-0.25, -0.2) is 0 Å². The summed E-state index contributed by atoms with van der Waals surface area (Å²) in [6.45, 7) is 5.42. The summed E-state index contributed by atoms with van der Waals surface area (Å²) >= 11 is 0. The van der Waals surface area contributed by atoms with Crippen LogP contribution in [0.3, 0.4) is 0 Å². The number of likely N-dealkylation sites (tertiary alicyclic amines) is 1. The Balaban J connectivity index is 0.00000200. The third-order valence-electron chi connectivity index (χ3n) is 3.78. The third kappa shape index (κ3) is 4.65. The van der Waals surface area contributed by atoms with Gasteiger partial charge in [0.25, 0.3) is 0 Å². The molecule has 1 heterocycles. The molecule has 0 amide bonds. The fraction of sp³-hybridized carbons (Fsp3) is 0.562. The predicted molar refractivity (Wildman–Crippen MR) is 97.1 cm³/mol. The van der Waals surface area contributed by atoms with Crippen molar-refractivity contribution in [3.63, 3.8) is 0 Å². The number of hydrogen-bond acceptors (Lipinski definition) is 1. The summed E-state index contributed by atoms with van der Waals surface area (Å²) in [5, 5.41) is 3.46. The lowest BCUT2D eigenvalue weighted by Crippen LogP contribution is -2.40. The molecule has 1 saturated heterocycles. The molecule has 0 saturated carbocycles. The summed E-state index contributed by atoms with van der Waals surface area (Å²) < 4.78 is 0. The number of rotatable bonds is 4. The molecule has 1 fully saturated rings. The quantitative estimate of drug-likeness (QED) is 0.371. The molecule has 1 atom stereocenters. The normalized spacial score (nSPS) is 18.8. The minimum absolute atomic E-state index is 0. The SMILES string of the molecule is CCCCNC(=NC)N1CCC(c2ccccc2)C1.I. The van der Waals surface area contributed by atoms with E-state index in [-0.39, 0.29) is 24.0 Å². The molecule has 1 aliphatic heterocycles. The predicted octanol–water partition coefficient (Wildman–Crippen LogP) is 3.47. The fourth-order valence-corrected chi connectivity index (χ4v) is 2.66. The second kappa shape index (κ2) is 9.21. The maximum absolute atomic E-state index is 4.40. The van der Waals surface area contributed by atoms with E-state index in [4.69, 9.17) is 0 Å². The van der Waals surface area contributed by atoms with Crippen molar-refractivity contribution >= 4 is 29.9 Å². The molecular weight excluding hydrogens is 361 g/mol. The van der Waals surface area contributed by atoms with Gasteiger partial charge < -0.3 is 10.2 Å². The van der Waals surface area contributed by atoms with Gasteiger partial charge in [-0.2, -0.15) is 0 Å². The highest BCUT2D eigenvalue weighted by molar-refractivity contribution is 14.0. The van der Waals surface area contributed by atoms with Gasteiger partial charge in [-0.3, -0.25) is 4.99 Å². The first kappa shape index (κ1) is 17.3. The van der Waals surface area contributed by atoms with E-state index in [2.05, 4.69) is 52.5 Å². The van der Waals surface area contributed by atoms with Crippen molar-refractivity contribution in [3.8, 4) is 0 Å². The van der Waals surface area contributed by atoms with Crippen LogP contribution < -0.4 is 5.32 Å². The highest BCUT2D eigenvalue weighted by Crippen LogP contribution is 2.26. The fourth-order valence-electron chi connectivity index (χ4n) is 2.66. The first-order chi connectivity index (χ1) is 9.35. The number of unbranched alkanes of at least 4 members (excludes halogenated alkanes) is 1. The van der Waals surface area contributed by atoms with E-state index in [0.717, 1.165) is 25.6 Å². The Bertz CT molecular complexity index is 405. The Morgan fingerprint density at radius 3 is 2.75 bits per heavy atom. The van der Waals surface area contributed by atoms with E-state index in [1.165, 1.54) is 24.8 Å². The number of hydrogen-bond donors (Lipinski definition) is 1. The summed E-state index contributed by atoms with van der Waals surface area (Å²) in [5.74, 6) is 1.71. The molecule has 0 spiro atoms. The molecule has 0 radical (unpaired) electrons. The highest BCUT2D eigenvalue weighted by Gasteiger charge is 2.25. The minimum Gasteiger partial charge on any atom is -0.356 e. The molecule has 0 aromatic heterocycles. The van der Waals surface area contributed by atoms with Gasteiger partial charge >= 0.3 is 0 Å². The number of nitrogens with one attached hydrogen (secondary N) is 1. The average molecular weight is 387 g/mol. The smallest absolute Gasteiger partial charge is 0.193 e. The lowest BCUT2D eigenvalue weighted by Gasteiger charge is -2.21. The Morgan fingerprint density at radius 1 is 1.35 bits per heavy atom. The Morgan fingerprint density at radius 2 is 2.10 bits per heavy atom. The molecule has 1 N–H and O–H groups in total. The first-order valence-corrected chi connectivity index (χ1v) is 7.35. The molecule has 20 heavy (non-hydrogen) atoms. The zero-order chi connectivity index (χ0) is 13.5. The molecule has 112 valence electrons. The van der Waals surface area contributed by atoms with Crippen LogP contribution in [0.15, 0.2) is 35.3 Å². The van der Waals surface area contributed by atoms with Crippen LogP contribution in [0.25, 0.3) is 0 Å². The van der Waals surface area contributed by atoms with Gasteiger partial charge in [-0.1, -0.05) is 43.7 Å². The van der Waals surface area contributed by atoms with E-state index in [0.29, 0.717) is 5.92 Å². The summed E-state index contributed by atoms with van der Waals surface area (Å²) in [5.41, 5.74) is 1.45. The van der Waals surface area contributed by atoms with Crippen molar-refractivity contribution in [2.24, 2.45) is 4.99 Å². The number of nitrogens with zero attached hydrogens (tertiary/aromatic N) is 2. The number of guanidine groups is 1. The number of benzene rings is 1. The lowest BCUT2D eigenvalue weighted by atomic mass is 9.99. The number of aliphatic imine (C=N–C) groups is 1. The second-order valence-corrected chi connectivity index (χ2v) is 5.17. The lowest BCUT2D eigenvalue weighted by molar-refractivity contribution is 0.484. The summed E-state index contributed by atoms with van der Waals surface area (Å²) in [4.78, 5) is 6.78. The summed E-state index contributed by atoms with van der Waals surface area (Å²) in [6.07, 6.45) is 3.64. The topological polar surface area (TPSA) is 27.6 Å². The molecule has 2 rings (SSSR count). The van der Waals surface area contributed by atoms with Crippen LogP contribution in [0.5, 0.6) is 0 Å². The van der Waals surface area contributed by atoms with Gasteiger partial charge in [0.05, 0.1) is 0 Å². The second-order valence-electron chi connectivity index (χ2n) is 5.17. The van der Waals surface area contributed by atoms with Crippen LogP contribution >= 0.6 is 24.0 Å². The van der Waals surface area contributed by atoms with Crippen molar-refractivity contribution < 1.29 is 0 Å². The van der Waals surface area contributed by atoms with Crippen molar-refractivity contribution in [2.75, 3.05) is 26.7 Å².